The Balaban J connectivity index is 3.15. The van der Waals surface area contributed by atoms with Crippen LogP contribution < -0.4 is 4.90 Å². The first-order valence-corrected chi connectivity index (χ1v) is 14.9. The van der Waals surface area contributed by atoms with Crippen molar-refractivity contribution < 1.29 is 0 Å². The van der Waals surface area contributed by atoms with Crippen LogP contribution >= 0.6 is 0 Å². The molecule has 0 amide bonds. The summed E-state index contributed by atoms with van der Waals surface area (Å²) in [6, 6.07) is 4.77. The van der Waals surface area contributed by atoms with Crippen molar-refractivity contribution in [2.24, 2.45) is 11.8 Å². The lowest BCUT2D eigenvalue weighted by atomic mass is 9.91. The fraction of sp³-hybridized carbons (Fsp3) is 0.812. The van der Waals surface area contributed by atoms with E-state index in [2.05, 4.69) is 65.5 Å². The van der Waals surface area contributed by atoms with Gasteiger partial charge in [0.1, 0.15) is 0 Å². The zero-order valence-corrected chi connectivity index (χ0v) is 23.8. The van der Waals surface area contributed by atoms with E-state index in [1.807, 2.05) is 0 Å². The normalized spacial score (nSPS) is 13.3. The average molecular weight is 458 g/mol. The largest absolute Gasteiger partial charge is 0.371 e. The SMILES string of the molecule is CCCCCCCCc1c(C)ccc(C)c1N(CC(CC)CCCC)CC(CC)CCCC. The van der Waals surface area contributed by atoms with Gasteiger partial charge in [0, 0.05) is 18.8 Å². The molecule has 33 heavy (non-hydrogen) atoms. The third-order valence-corrected chi connectivity index (χ3v) is 7.86. The third kappa shape index (κ3) is 11.3. The van der Waals surface area contributed by atoms with E-state index in [0.29, 0.717) is 0 Å². The van der Waals surface area contributed by atoms with Gasteiger partial charge in [0.25, 0.3) is 0 Å². The molecule has 0 bridgehead atoms. The highest BCUT2D eigenvalue weighted by Crippen LogP contribution is 2.33. The molecule has 1 aromatic rings. The van der Waals surface area contributed by atoms with Crippen molar-refractivity contribution in [3.63, 3.8) is 0 Å². The minimum Gasteiger partial charge on any atom is -0.371 e. The van der Waals surface area contributed by atoms with Crippen LogP contribution in [0.2, 0.25) is 0 Å². The molecule has 0 spiro atoms. The highest BCUT2D eigenvalue weighted by molar-refractivity contribution is 5.62. The number of hydrogen-bond acceptors (Lipinski definition) is 1. The van der Waals surface area contributed by atoms with Gasteiger partial charge in [-0.3, -0.25) is 0 Å². The number of rotatable bonds is 20. The van der Waals surface area contributed by atoms with Crippen LogP contribution in [0.15, 0.2) is 12.1 Å². The van der Waals surface area contributed by atoms with Gasteiger partial charge in [0.15, 0.2) is 0 Å². The van der Waals surface area contributed by atoms with Gasteiger partial charge in [-0.25, -0.2) is 0 Å². The molecule has 0 saturated heterocycles. The van der Waals surface area contributed by atoms with E-state index in [9.17, 15) is 0 Å². The van der Waals surface area contributed by atoms with E-state index >= 15 is 0 Å². The first-order chi connectivity index (χ1) is 16.0. The van der Waals surface area contributed by atoms with Crippen LogP contribution in [0.1, 0.15) is 141 Å². The molecule has 0 fully saturated rings. The van der Waals surface area contributed by atoms with Crippen molar-refractivity contribution in [3.05, 3.63) is 28.8 Å². The molecule has 1 rings (SSSR count). The van der Waals surface area contributed by atoms with Gasteiger partial charge >= 0.3 is 0 Å². The summed E-state index contributed by atoms with van der Waals surface area (Å²) in [6.07, 6.45) is 20.3. The maximum Gasteiger partial charge on any atom is 0.0431 e. The van der Waals surface area contributed by atoms with Crippen LogP contribution in [0.5, 0.6) is 0 Å². The Hall–Kier alpha value is -0.980. The van der Waals surface area contributed by atoms with Gasteiger partial charge in [-0.2, -0.15) is 0 Å². The molecule has 2 atom stereocenters. The molecule has 0 aliphatic carbocycles. The number of benzene rings is 1. The Morgan fingerprint density at radius 2 is 1.09 bits per heavy atom. The first-order valence-electron chi connectivity index (χ1n) is 14.9. The molecule has 0 saturated carbocycles. The summed E-state index contributed by atoms with van der Waals surface area (Å²) in [5, 5.41) is 0. The van der Waals surface area contributed by atoms with Crippen LogP contribution in [-0.2, 0) is 6.42 Å². The lowest BCUT2D eigenvalue weighted by Gasteiger charge is -2.35. The lowest BCUT2D eigenvalue weighted by Crippen LogP contribution is -2.35. The number of aryl methyl sites for hydroxylation is 2. The molecular formula is C32H59N. The van der Waals surface area contributed by atoms with Crippen molar-refractivity contribution in [2.45, 2.75) is 145 Å². The van der Waals surface area contributed by atoms with Crippen molar-refractivity contribution in [3.8, 4) is 0 Å². The van der Waals surface area contributed by atoms with Gasteiger partial charge < -0.3 is 4.90 Å². The zero-order valence-electron chi connectivity index (χ0n) is 23.8. The number of anilines is 1. The second-order valence-electron chi connectivity index (χ2n) is 10.8. The monoisotopic (exact) mass is 457 g/mol. The summed E-state index contributed by atoms with van der Waals surface area (Å²) in [5.41, 5.74) is 6.27. The molecule has 1 aromatic carbocycles. The van der Waals surface area contributed by atoms with Crippen molar-refractivity contribution in [2.75, 3.05) is 18.0 Å². The molecule has 0 heterocycles. The summed E-state index contributed by atoms with van der Waals surface area (Å²) < 4.78 is 0. The van der Waals surface area contributed by atoms with Gasteiger partial charge in [0.05, 0.1) is 0 Å². The minimum absolute atomic E-state index is 0.815. The van der Waals surface area contributed by atoms with Crippen LogP contribution in [0, 0.1) is 25.7 Å². The van der Waals surface area contributed by atoms with Crippen LogP contribution in [0.4, 0.5) is 5.69 Å². The van der Waals surface area contributed by atoms with Crippen LogP contribution in [-0.4, -0.2) is 13.1 Å². The summed E-state index contributed by atoms with van der Waals surface area (Å²) in [7, 11) is 0. The molecule has 0 N–H and O–H groups in total. The van der Waals surface area contributed by atoms with E-state index in [-0.39, 0.29) is 0 Å². The topological polar surface area (TPSA) is 3.24 Å². The summed E-state index contributed by atoms with van der Waals surface area (Å²) in [5.74, 6) is 1.63. The van der Waals surface area contributed by atoms with Gasteiger partial charge in [-0.1, -0.05) is 117 Å². The molecule has 192 valence electrons. The van der Waals surface area contributed by atoms with Crippen molar-refractivity contribution in [1.29, 1.82) is 0 Å². The Labute approximate surface area is 209 Å². The first kappa shape index (κ1) is 30.1. The standard InChI is InChI=1S/C32H59N/c1-8-13-16-17-18-19-22-31-27(6)23-24-28(7)32(31)33(25-29(11-4)20-14-9-2)26-30(12-5)21-15-10-3/h23-24,29-30H,8-22,25-26H2,1-7H3. The minimum atomic E-state index is 0.815. The average Bonchev–Trinajstić information content (AvgIpc) is 2.82. The summed E-state index contributed by atoms with van der Waals surface area (Å²) >= 11 is 0. The molecular weight excluding hydrogens is 398 g/mol. The maximum absolute atomic E-state index is 2.86. The van der Waals surface area contributed by atoms with Crippen LogP contribution in [0.25, 0.3) is 0 Å². The number of hydrogen-bond donors (Lipinski definition) is 0. The summed E-state index contributed by atoms with van der Waals surface area (Å²) in [4.78, 5) is 2.86. The van der Waals surface area contributed by atoms with Crippen molar-refractivity contribution in [1.82, 2.24) is 0 Å². The molecule has 0 aromatic heterocycles. The fourth-order valence-corrected chi connectivity index (χ4v) is 5.41. The molecule has 0 aliphatic rings. The molecule has 2 unspecified atom stereocenters. The quantitative estimate of drug-likeness (QED) is 0.176. The maximum atomic E-state index is 2.86. The molecule has 0 aliphatic heterocycles. The van der Waals surface area contributed by atoms with Gasteiger partial charge in [-0.05, 0) is 68.1 Å². The van der Waals surface area contributed by atoms with E-state index in [1.54, 1.807) is 11.3 Å². The van der Waals surface area contributed by atoms with E-state index < -0.39 is 0 Å². The smallest absolute Gasteiger partial charge is 0.0431 e. The predicted octanol–water partition coefficient (Wildman–Crippen LogP) is 10.4. The van der Waals surface area contributed by atoms with E-state index in [0.717, 1.165) is 11.8 Å². The highest BCUT2D eigenvalue weighted by atomic mass is 15.1. The Kier molecular flexibility index (Phi) is 16.7. The Morgan fingerprint density at radius 1 is 0.606 bits per heavy atom. The molecule has 0 radical (unpaired) electrons. The Bertz CT molecular complexity index is 587. The third-order valence-electron chi connectivity index (χ3n) is 7.86. The summed E-state index contributed by atoms with van der Waals surface area (Å²) in [6.45, 7) is 19.0. The number of unbranched alkanes of at least 4 members (excludes halogenated alkanes) is 7. The van der Waals surface area contributed by atoms with Gasteiger partial charge in [0.2, 0.25) is 0 Å². The predicted molar refractivity (Wildman–Crippen MR) is 152 cm³/mol. The van der Waals surface area contributed by atoms with Crippen molar-refractivity contribution >= 4 is 5.69 Å². The van der Waals surface area contributed by atoms with Crippen LogP contribution in [0.3, 0.4) is 0 Å². The second kappa shape index (κ2) is 18.4. The lowest BCUT2D eigenvalue weighted by molar-refractivity contribution is 0.403. The second-order valence-corrected chi connectivity index (χ2v) is 10.8. The van der Waals surface area contributed by atoms with E-state index in [1.165, 1.54) is 121 Å². The molecule has 1 nitrogen and oxygen atoms in total. The fourth-order valence-electron chi connectivity index (χ4n) is 5.41. The number of nitrogens with zero attached hydrogens (tertiary/aromatic N) is 1. The van der Waals surface area contributed by atoms with Gasteiger partial charge in [-0.15, -0.1) is 0 Å². The molecule has 1 heteroatoms. The highest BCUT2D eigenvalue weighted by Gasteiger charge is 2.22. The van der Waals surface area contributed by atoms with E-state index in [4.69, 9.17) is 0 Å². The zero-order chi connectivity index (χ0) is 24.5. The Morgan fingerprint density at radius 3 is 1.61 bits per heavy atom.